The first kappa shape index (κ1) is 53.6. The van der Waals surface area contributed by atoms with Gasteiger partial charge in [-0.25, -0.2) is 0 Å². The summed E-state index contributed by atoms with van der Waals surface area (Å²) in [4.78, 5) is 26.0. The van der Waals surface area contributed by atoms with E-state index in [0.717, 1.165) is 57.8 Å². The number of nitrogens with one attached hydrogen (secondary N) is 1. The van der Waals surface area contributed by atoms with Crippen LogP contribution in [0.25, 0.3) is 0 Å². The molecule has 0 aliphatic rings. The van der Waals surface area contributed by atoms with E-state index in [1.807, 2.05) is 0 Å². The van der Waals surface area contributed by atoms with Crippen LogP contribution in [0.5, 0.6) is 0 Å². The number of hydrogen-bond acceptors (Lipinski definition) is 5. The van der Waals surface area contributed by atoms with E-state index in [2.05, 4.69) is 38.2 Å². The van der Waals surface area contributed by atoms with E-state index in [4.69, 9.17) is 4.74 Å². The molecular weight excluding hydrogens is 683 g/mol. The third-order valence-electron chi connectivity index (χ3n) is 11.3. The first-order chi connectivity index (χ1) is 27.0. The van der Waals surface area contributed by atoms with Gasteiger partial charge in [-0.05, 0) is 44.9 Å². The Kier molecular flexibility index (Phi) is 42.6. The Hall–Kier alpha value is -1.40. The molecule has 1 amide bonds. The van der Waals surface area contributed by atoms with Crippen molar-refractivity contribution in [1.82, 2.24) is 5.32 Å². The Bertz CT molecular complexity index is 832. The summed E-state index contributed by atoms with van der Waals surface area (Å²) in [5.74, 6) is -0.473. The van der Waals surface area contributed by atoms with Gasteiger partial charge in [0.05, 0.1) is 25.2 Å². The van der Waals surface area contributed by atoms with Crippen LogP contribution in [0.4, 0.5) is 0 Å². The average Bonchev–Trinajstić information content (AvgIpc) is 3.18. The molecule has 0 saturated carbocycles. The van der Waals surface area contributed by atoms with Gasteiger partial charge in [0, 0.05) is 6.42 Å². The Morgan fingerprint density at radius 2 is 0.909 bits per heavy atom. The number of esters is 1. The fourth-order valence-corrected chi connectivity index (χ4v) is 7.61. The van der Waals surface area contributed by atoms with Crippen molar-refractivity contribution in [1.29, 1.82) is 0 Å². The number of hydrogen-bond donors (Lipinski definition) is 3. The number of aliphatic hydroxyl groups excluding tert-OH is 2. The quantitative estimate of drug-likeness (QED) is 0.0325. The molecule has 3 N–H and O–H groups in total. The second-order valence-corrected chi connectivity index (χ2v) is 16.9. The molecular formula is C49H95NO5. The van der Waals surface area contributed by atoms with Crippen LogP contribution in [0.1, 0.15) is 265 Å². The Morgan fingerprint density at radius 3 is 1.36 bits per heavy atom. The number of unbranched alkanes of at least 4 members (excludes halogenated alkanes) is 30. The summed E-state index contributed by atoms with van der Waals surface area (Å²) in [7, 11) is 0. The molecule has 3 atom stereocenters. The third kappa shape index (κ3) is 39.2. The minimum absolute atomic E-state index is 0.0806. The molecule has 6 heteroatoms. The molecule has 6 nitrogen and oxygen atoms in total. The van der Waals surface area contributed by atoms with E-state index in [-0.39, 0.29) is 24.9 Å². The van der Waals surface area contributed by atoms with Crippen LogP contribution in [-0.2, 0) is 14.3 Å². The highest BCUT2D eigenvalue weighted by Gasteiger charge is 2.24. The van der Waals surface area contributed by atoms with E-state index in [1.54, 1.807) is 0 Å². The first-order valence-corrected chi connectivity index (χ1v) is 24.4. The van der Waals surface area contributed by atoms with Gasteiger partial charge in [0.15, 0.2) is 0 Å². The second kappa shape index (κ2) is 43.7. The van der Waals surface area contributed by atoms with Crippen LogP contribution in [0.3, 0.4) is 0 Å². The van der Waals surface area contributed by atoms with E-state index in [0.29, 0.717) is 19.3 Å². The number of amides is 1. The highest BCUT2D eigenvalue weighted by atomic mass is 16.5. The monoisotopic (exact) mass is 778 g/mol. The summed E-state index contributed by atoms with van der Waals surface area (Å²) in [6.45, 7) is 6.43. The Balaban J connectivity index is 4.47. The van der Waals surface area contributed by atoms with Gasteiger partial charge in [-0.1, -0.05) is 219 Å². The summed E-state index contributed by atoms with van der Waals surface area (Å²) >= 11 is 0. The minimum Gasteiger partial charge on any atom is -0.462 e. The SMILES string of the molecule is CCC/C=C\CCCCCCCC(=O)OC(CCCCCCCCCCCCC)CC(=O)NC(CO)C(O)CCCCCCCCCCCCCCCCC. The molecule has 0 aliphatic carbocycles. The summed E-state index contributed by atoms with van der Waals surface area (Å²) in [5, 5.41) is 23.7. The van der Waals surface area contributed by atoms with Gasteiger partial charge >= 0.3 is 5.97 Å². The van der Waals surface area contributed by atoms with Gasteiger partial charge in [-0.15, -0.1) is 0 Å². The topological polar surface area (TPSA) is 95.9 Å². The van der Waals surface area contributed by atoms with Gasteiger partial charge in [0.2, 0.25) is 5.91 Å². The maximum Gasteiger partial charge on any atom is 0.306 e. The highest BCUT2D eigenvalue weighted by Crippen LogP contribution is 2.18. The largest absolute Gasteiger partial charge is 0.462 e. The van der Waals surface area contributed by atoms with Gasteiger partial charge in [0.1, 0.15) is 6.10 Å². The number of allylic oxidation sites excluding steroid dienone is 2. The molecule has 0 spiro atoms. The van der Waals surface area contributed by atoms with E-state index >= 15 is 0 Å². The molecule has 0 aromatic rings. The maximum atomic E-state index is 13.1. The molecule has 0 radical (unpaired) electrons. The zero-order valence-electron chi connectivity index (χ0n) is 37.1. The average molecular weight is 778 g/mol. The fraction of sp³-hybridized carbons (Fsp3) is 0.918. The smallest absolute Gasteiger partial charge is 0.306 e. The summed E-state index contributed by atoms with van der Waals surface area (Å²) in [5.41, 5.74) is 0. The number of carbonyl (C=O) groups excluding carboxylic acids is 2. The summed E-state index contributed by atoms with van der Waals surface area (Å²) < 4.78 is 5.90. The Labute approximate surface area is 342 Å². The zero-order chi connectivity index (χ0) is 40.3. The summed E-state index contributed by atoms with van der Waals surface area (Å²) in [6.07, 6.45) is 47.0. The van der Waals surface area contributed by atoms with Crippen molar-refractivity contribution < 1.29 is 24.5 Å². The van der Waals surface area contributed by atoms with E-state index in [9.17, 15) is 19.8 Å². The first-order valence-electron chi connectivity index (χ1n) is 24.4. The van der Waals surface area contributed by atoms with Gasteiger partial charge in [-0.3, -0.25) is 9.59 Å². The van der Waals surface area contributed by atoms with Crippen LogP contribution >= 0.6 is 0 Å². The van der Waals surface area contributed by atoms with Crippen molar-refractivity contribution in [2.75, 3.05) is 6.61 Å². The molecule has 3 unspecified atom stereocenters. The minimum atomic E-state index is -0.782. The van der Waals surface area contributed by atoms with Crippen LogP contribution in [-0.4, -0.2) is 46.9 Å². The predicted molar refractivity (Wildman–Crippen MR) is 237 cm³/mol. The normalized spacial score (nSPS) is 13.3. The third-order valence-corrected chi connectivity index (χ3v) is 11.3. The predicted octanol–water partition coefficient (Wildman–Crippen LogP) is 14.2. The van der Waals surface area contributed by atoms with Crippen LogP contribution in [0, 0.1) is 0 Å². The standard InChI is InChI=1S/C49H95NO5/c1-4-7-10-13-16-19-22-23-24-25-27-29-32-35-38-41-47(52)46(44-51)50-48(53)43-45(40-37-34-31-28-26-20-17-14-11-8-5-2)55-49(54)42-39-36-33-30-21-18-15-12-9-6-3/h12,15,45-47,51-52H,4-11,13-14,16-44H2,1-3H3,(H,50,53)/b15-12-. The molecule has 0 heterocycles. The molecule has 326 valence electrons. The van der Waals surface area contributed by atoms with Crippen LogP contribution < -0.4 is 5.32 Å². The van der Waals surface area contributed by atoms with Crippen molar-refractivity contribution in [2.45, 2.75) is 283 Å². The lowest BCUT2D eigenvalue weighted by atomic mass is 10.0. The summed E-state index contributed by atoms with van der Waals surface area (Å²) in [6, 6.07) is -0.695. The molecule has 55 heavy (non-hydrogen) atoms. The molecule has 0 aromatic carbocycles. The maximum absolute atomic E-state index is 13.1. The molecule has 0 fully saturated rings. The lowest BCUT2D eigenvalue weighted by Crippen LogP contribution is -2.46. The van der Waals surface area contributed by atoms with E-state index < -0.39 is 18.2 Å². The number of ether oxygens (including phenoxy) is 1. The van der Waals surface area contributed by atoms with Crippen LogP contribution in [0.15, 0.2) is 12.2 Å². The lowest BCUT2D eigenvalue weighted by Gasteiger charge is -2.24. The highest BCUT2D eigenvalue weighted by molar-refractivity contribution is 5.77. The number of rotatable bonds is 44. The number of aliphatic hydroxyl groups is 2. The van der Waals surface area contributed by atoms with Crippen molar-refractivity contribution in [3.63, 3.8) is 0 Å². The second-order valence-electron chi connectivity index (χ2n) is 16.9. The van der Waals surface area contributed by atoms with Crippen molar-refractivity contribution in [3.8, 4) is 0 Å². The zero-order valence-corrected chi connectivity index (χ0v) is 37.1. The lowest BCUT2D eigenvalue weighted by molar-refractivity contribution is -0.151. The fourth-order valence-electron chi connectivity index (χ4n) is 7.61. The molecule has 0 rings (SSSR count). The van der Waals surface area contributed by atoms with Gasteiger partial charge in [0.25, 0.3) is 0 Å². The van der Waals surface area contributed by atoms with Crippen LogP contribution in [0.2, 0.25) is 0 Å². The van der Waals surface area contributed by atoms with E-state index in [1.165, 1.54) is 161 Å². The molecule has 0 saturated heterocycles. The number of carbonyl (C=O) groups is 2. The van der Waals surface area contributed by atoms with Crippen molar-refractivity contribution in [2.24, 2.45) is 0 Å². The molecule has 0 aromatic heterocycles. The molecule has 0 aliphatic heterocycles. The van der Waals surface area contributed by atoms with Gasteiger partial charge in [-0.2, -0.15) is 0 Å². The van der Waals surface area contributed by atoms with Crippen molar-refractivity contribution >= 4 is 11.9 Å². The van der Waals surface area contributed by atoms with Gasteiger partial charge < -0.3 is 20.3 Å². The molecule has 0 bridgehead atoms. The Morgan fingerprint density at radius 1 is 0.509 bits per heavy atom. The van der Waals surface area contributed by atoms with Crippen molar-refractivity contribution in [3.05, 3.63) is 12.2 Å².